The number of pyridine rings is 1. The molecule has 1 fully saturated rings. The highest BCUT2D eigenvalue weighted by Crippen LogP contribution is 2.43. The van der Waals surface area contributed by atoms with E-state index < -0.39 is 0 Å². The van der Waals surface area contributed by atoms with E-state index in [1.807, 2.05) is 12.1 Å². The van der Waals surface area contributed by atoms with Crippen molar-refractivity contribution < 1.29 is 5.11 Å². The first-order chi connectivity index (χ1) is 11.3. The van der Waals surface area contributed by atoms with Crippen LogP contribution in [0.5, 0.6) is 5.75 Å². The molecule has 2 nitrogen and oxygen atoms in total. The molecule has 1 saturated carbocycles. The zero-order chi connectivity index (χ0) is 15.6. The average Bonchev–Trinajstić information content (AvgIpc) is 2.63. The maximum Gasteiger partial charge on any atom is 0.141 e. The first kappa shape index (κ1) is 14.3. The molecule has 3 aromatic rings. The fourth-order valence-corrected chi connectivity index (χ4v) is 3.94. The Bertz CT molecular complexity index is 812. The van der Waals surface area contributed by atoms with Crippen molar-refractivity contribution in [3.63, 3.8) is 0 Å². The third kappa shape index (κ3) is 2.70. The highest BCUT2D eigenvalue weighted by Gasteiger charge is 2.28. The Morgan fingerprint density at radius 3 is 2.39 bits per heavy atom. The van der Waals surface area contributed by atoms with Crippen molar-refractivity contribution in [1.82, 2.24) is 4.98 Å². The summed E-state index contributed by atoms with van der Waals surface area (Å²) in [6.45, 7) is 0. The van der Waals surface area contributed by atoms with Crippen LogP contribution in [0.25, 0.3) is 10.9 Å². The molecule has 2 unspecified atom stereocenters. The van der Waals surface area contributed by atoms with E-state index in [0.29, 0.717) is 11.8 Å². The van der Waals surface area contributed by atoms with Crippen LogP contribution in [0.4, 0.5) is 0 Å². The lowest BCUT2D eigenvalue weighted by Gasteiger charge is -2.31. The monoisotopic (exact) mass is 303 g/mol. The van der Waals surface area contributed by atoms with Crippen LogP contribution in [0, 0.1) is 0 Å². The smallest absolute Gasteiger partial charge is 0.141 e. The van der Waals surface area contributed by atoms with Gasteiger partial charge in [-0.05, 0) is 36.5 Å². The zero-order valence-electron chi connectivity index (χ0n) is 13.2. The number of phenolic OH excluding ortho intramolecular Hbond substituents is 1. The normalized spacial score (nSPS) is 21.4. The maximum absolute atomic E-state index is 10.1. The number of fused-ring (bicyclic) bond motifs is 1. The van der Waals surface area contributed by atoms with Crippen molar-refractivity contribution in [2.24, 2.45) is 0 Å². The van der Waals surface area contributed by atoms with Gasteiger partial charge >= 0.3 is 0 Å². The predicted molar refractivity (Wildman–Crippen MR) is 93.8 cm³/mol. The topological polar surface area (TPSA) is 33.1 Å². The minimum atomic E-state index is 0.274. The van der Waals surface area contributed by atoms with Crippen LogP contribution in [0.2, 0.25) is 0 Å². The van der Waals surface area contributed by atoms with Crippen LogP contribution in [-0.2, 0) is 0 Å². The first-order valence-electron chi connectivity index (χ1n) is 8.46. The van der Waals surface area contributed by atoms with Gasteiger partial charge in [-0.15, -0.1) is 0 Å². The molecule has 1 aromatic heterocycles. The van der Waals surface area contributed by atoms with Crippen molar-refractivity contribution in [1.29, 1.82) is 0 Å². The Hall–Kier alpha value is -2.35. The fraction of sp³-hybridized carbons (Fsp3) is 0.286. The number of rotatable bonds is 2. The van der Waals surface area contributed by atoms with E-state index in [4.69, 9.17) is 4.98 Å². The Kier molecular flexibility index (Phi) is 3.74. The lowest BCUT2D eigenvalue weighted by atomic mass is 9.74. The molecule has 0 amide bonds. The van der Waals surface area contributed by atoms with E-state index in [1.165, 1.54) is 31.2 Å². The van der Waals surface area contributed by atoms with Gasteiger partial charge < -0.3 is 5.11 Å². The van der Waals surface area contributed by atoms with E-state index in [9.17, 15) is 5.11 Å². The number of aromatic nitrogens is 1. The van der Waals surface area contributed by atoms with Gasteiger partial charge in [0.25, 0.3) is 0 Å². The molecule has 0 radical (unpaired) electrons. The van der Waals surface area contributed by atoms with Crippen LogP contribution in [0.1, 0.15) is 48.8 Å². The molecule has 1 aliphatic rings. The van der Waals surface area contributed by atoms with E-state index >= 15 is 0 Å². The van der Waals surface area contributed by atoms with Gasteiger partial charge in [0.1, 0.15) is 11.3 Å². The second-order valence-corrected chi connectivity index (χ2v) is 6.49. The molecule has 2 aromatic carbocycles. The van der Waals surface area contributed by atoms with Gasteiger partial charge in [-0.3, -0.25) is 0 Å². The Morgan fingerprint density at radius 2 is 1.57 bits per heavy atom. The summed E-state index contributed by atoms with van der Waals surface area (Å²) in [5.41, 5.74) is 3.26. The Labute approximate surface area is 136 Å². The minimum absolute atomic E-state index is 0.274. The number of para-hydroxylation sites is 1. The quantitative estimate of drug-likeness (QED) is 0.689. The van der Waals surface area contributed by atoms with Gasteiger partial charge in [0, 0.05) is 17.0 Å². The molecule has 0 saturated heterocycles. The summed E-state index contributed by atoms with van der Waals surface area (Å²) < 4.78 is 0. The molecule has 1 heterocycles. The number of nitrogens with zero attached hydrogens (tertiary/aromatic N) is 1. The summed E-state index contributed by atoms with van der Waals surface area (Å²) in [6, 6.07) is 20.6. The zero-order valence-corrected chi connectivity index (χ0v) is 13.2. The van der Waals surface area contributed by atoms with Gasteiger partial charge in [0.15, 0.2) is 0 Å². The second-order valence-electron chi connectivity index (χ2n) is 6.49. The van der Waals surface area contributed by atoms with Crippen LogP contribution in [0.15, 0.2) is 60.7 Å². The number of hydrogen-bond acceptors (Lipinski definition) is 2. The number of benzene rings is 2. The summed E-state index contributed by atoms with van der Waals surface area (Å²) in [5.74, 6) is 1.24. The molecule has 4 rings (SSSR count). The van der Waals surface area contributed by atoms with Crippen molar-refractivity contribution in [2.75, 3.05) is 0 Å². The molecule has 0 aliphatic heterocycles. The first-order valence-corrected chi connectivity index (χ1v) is 8.46. The highest BCUT2D eigenvalue weighted by atomic mass is 16.3. The summed E-state index contributed by atoms with van der Waals surface area (Å²) in [6.07, 6.45) is 4.93. The third-order valence-electron chi connectivity index (χ3n) is 5.09. The van der Waals surface area contributed by atoms with Gasteiger partial charge in [0.05, 0.1) is 0 Å². The second kappa shape index (κ2) is 6.04. The van der Waals surface area contributed by atoms with Crippen molar-refractivity contribution in [2.45, 2.75) is 37.5 Å². The third-order valence-corrected chi connectivity index (χ3v) is 5.09. The van der Waals surface area contributed by atoms with Gasteiger partial charge in [-0.1, -0.05) is 61.4 Å². The van der Waals surface area contributed by atoms with E-state index in [1.54, 1.807) is 6.07 Å². The lowest BCUT2D eigenvalue weighted by molar-refractivity contribution is 0.380. The molecule has 0 bridgehead atoms. The highest BCUT2D eigenvalue weighted by molar-refractivity contribution is 5.84. The van der Waals surface area contributed by atoms with Gasteiger partial charge in [-0.2, -0.15) is 0 Å². The summed E-state index contributed by atoms with van der Waals surface area (Å²) in [7, 11) is 0. The molecule has 0 spiro atoms. The van der Waals surface area contributed by atoms with Gasteiger partial charge in [0.2, 0.25) is 0 Å². The molecule has 116 valence electrons. The van der Waals surface area contributed by atoms with Crippen LogP contribution < -0.4 is 0 Å². The lowest BCUT2D eigenvalue weighted by Crippen LogP contribution is -2.17. The minimum Gasteiger partial charge on any atom is -0.506 e. The SMILES string of the molecule is Oc1cccc2ccc(C3CCCCC3c3ccccc3)nc12. The summed E-state index contributed by atoms with van der Waals surface area (Å²) in [4.78, 5) is 4.82. The van der Waals surface area contributed by atoms with E-state index in [-0.39, 0.29) is 5.75 Å². The summed E-state index contributed by atoms with van der Waals surface area (Å²) >= 11 is 0. The summed E-state index contributed by atoms with van der Waals surface area (Å²) in [5, 5.41) is 11.1. The molecule has 2 atom stereocenters. The Balaban J connectivity index is 1.76. The molecule has 23 heavy (non-hydrogen) atoms. The van der Waals surface area contributed by atoms with Crippen molar-refractivity contribution in [3.05, 3.63) is 71.9 Å². The predicted octanol–water partition coefficient (Wildman–Crippen LogP) is 5.38. The number of phenols is 1. The average molecular weight is 303 g/mol. The van der Waals surface area contributed by atoms with Crippen LogP contribution in [-0.4, -0.2) is 10.1 Å². The van der Waals surface area contributed by atoms with Gasteiger partial charge in [-0.25, -0.2) is 4.98 Å². The number of hydrogen-bond donors (Lipinski definition) is 1. The van der Waals surface area contributed by atoms with Crippen molar-refractivity contribution >= 4 is 10.9 Å². The molecular weight excluding hydrogens is 282 g/mol. The van der Waals surface area contributed by atoms with Crippen molar-refractivity contribution in [3.8, 4) is 5.75 Å². The maximum atomic E-state index is 10.1. The fourth-order valence-electron chi connectivity index (χ4n) is 3.94. The van der Waals surface area contributed by atoms with E-state index in [0.717, 1.165) is 16.6 Å². The standard InChI is InChI=1S/C21H21NO/c23-20-12-6-9-16-13-14-19(22-21(16)20)18-11-5-4-10-17(18)15-7-2-1-3-8-15/h1-3,6-9,12-14,17-18,23H,4-5,10-11H2. The largest absolute Gasteiger partial charge is 0.506 e. The number of aromatic hydroxyl groups is 1. The van der Waals surface area contributed by atoms with Crippen LogP contribution >= 0.6 is 0 Å². The molecule has 1 aliphatic carbocycles. The molecule has 1 N–H and O–H groups in total. The Morgan fingerprint density at radius 1 is 0.783 bits per heavy atom. The molecular formula is C21H21NO. The van der Waals surface area contributed by atoms with E-state index in [2.05, 4.69) is 42.5 Å². The molecule has 2 heteroatoms. The van der Waals surface area contributed by atoms with Crippen LogP contribution in [0.3, 0.4) is 0 Å².